The summed E-state index contributed by atoms with van der Waals surface area (Å²) < 4.78 is 0. The van der Waals surface area contributed by atoms with Gasteiger partial charge in [0, 0.05) is 58.0 Å². The lowest BCUT2D eigenvalue weighted by Crippen LogP contribution is -2.31. The summed E-state index contributed by atoms with van der Waals surface area (Å²) in [5.74, 6) is 0.510. The number of benzene rings is 9. The van der Waals surface area contributed by atoms with Gasteiger partial charge in [0.1, 0.15) is 0 Å². The minimum atomic E-state index is -0.0254. The number of rotatable bonds is 8. The van der Waals surface area contributed by atoms with Crippen LogP contribution in [0.25, 0.3) is 44.5 Å². The van der Waals surface area contributed by atoms with Gasteiger partial charge in [-0.05, 0) is 129 Å². The third-order valence-electron chi connectivity index (χ3n) is 12.4. The Bertz CT molecular complexity index is 3220. The Hall–Kier alpha value is -7.63. The highest BCUT2D eigenvalue weighted by atomic mass is 16.2. The van der Waals surface area contributed by atoms with Crippen LogP contribution in [0.1, 0.15) is 13.3 Å². The molecule has 0 saturated carbocycles. The minimum absolute atomic E-state index is 0.0254. The SMILES string of the molecule is CC1C=c2c(cc(N(c3ccccc3)c3ccc(N4CCN(c5ccc(N(c6ccccc6)c6cc7ccccc7c7ccccc67)cc5)C4=O)cc3)c3ccccc23)=CC1. The molecule has 1 heterocycles. The van der Waals surface area contributed by atoms with Gasteiger partial charge in [-0.3, -0.25) is 9.80 Å². The molecule has 0 radical (unpaired) electrons. The quantitative estimate of drug-likeness (QED) is 0.144. The highest BCUT2D eigenvalue weighted by Gasteiger charge is 2.31. The fourth-order valence-corrected chi connectivity index (χ4v) is 9.41. The van der Waals surface area contributed by atoms with Crippen LogP contribution in [0.4, 0.5) is 50.3 Å². The second kappa shape index (κ2) is 15.2. The Morgan fingerprint density at radius 3 is 1.48 bits per heavy atom. The average Bonchev–Trinajstić information content (AvgIpc) is 3.71. The van der Waals surface area contributed by atoms with E-state index in [1.54, 1.807) is 0 Å². The fraction of sp³-hybridized carbons (Fsp3) is 0.0893. The Morgan fingerprint density at radius 1 is 0.459 bits per heavy atom. The van der Waals surface area contributed by atoms with Gasteiger partial charge < -0.3 is 9.80 Å². The molecule has 9 aromatic rings. The summed E-state index contributed by atoms with van der Waals surface area (Å²) in [7, 11) is 0. The van der Waals surface area contributed by atoms with Crippen molar-refractivity contribution in [3.8, 4) is 0 Å². The van der Waals surface area contributed by atoms with Crippen molar-refractivity contribution in [1.82, 2.24) is 0 Å². The zero-order valence-electron chi connectivity index (χ0n) is 34.0. The van der Waals surface area contributed by atoms with Gasteiger partial charge in [0.2, 0.25) is 0 Å². The first-order valence-electron chi connectivity index (χ1n) is 21.2. The van der Waals surface area contributed by atoms with Crippen LogP contribution in [0.15, 0.2) is 194 Å². The molecule has 2 amide bonds. The van der Waals surface area contributed by atoms with Gasteiger partial charge in [0.05, 0.1) is 11.4 Å². The van der Waals surface area contributed by atoms with Gasteiger partial charge in [0.25, 0.3) is 0 Å². The van der Waals surface area contributed by atoms with E-state index < -0.39 is 0 Å². The van der Waals surface area contributed by atoms with Gasteiger partial charge in [-0.1, -0.05) is 128 Å². The zero-order valence-corrected chi connectivity index (χ0v) is 34.0. The summed E-state index contributed by atoms with van der Waals surface area (Å²) in [6.07, 6.45) is 5.83. The van der Waals surface area contributed by atoms with Crippen molar-refractivity contribution < 1.29 is 4.79 Å². The van der Waals surface area contributed by atoms with Crippen LogP contribution in [0.5, 0.6) is 0 Å². The number of urea groups is 1. The molecule has 5 nitrogen and oxygen atoms in total. The molecule has 0 spiro atoms. The topological polar surface area (TPSA) is 30.0 Å². The molecular weight excluding hydrogens is 745 g/mol. The van der Waals surface area contributed by atoms with Crippen LogP contribution in [-0.2, 0) is 0 Å². The normalized spacial score (nSPS) is 14.8. The van der Waals surface area contributed by atoms with Crippen LogP contribution >= 0.6 is 0 Å². The van der Waals surface area contributed by atoms with Crippen LogP contribution < -0.4 is 30.0 Å². The third-order valence-corrected chi connectivity index (χ3v) is 12.4. The van der Waals surface area contributed by atoms with Crippen molar-refractivity contribution in [2.45, 2.75) is 13.3 Å². The Kier molecular flexibility index (Phi) is 9.08. The molecule has 1 aliphatic heterocycles. The number of fused-ring (bicyclic) bond motifs is 6. The number of hydrogen-bond acceptors (Lipinski definition) is 3. The maximum atomic E-state index is 14.2. The lowest BCUT2D eigenvalue weighted by atomic mass is 9.94. The summed E-state index contributed by atoms with van der Waals surface area (Å²) in [4.78, 5) is 22.7. The maximum Gasteiger partial charge on any atom is 0.329 e. The van der Waals surface area contributed by atoms with Crippen molar-refractivity contribution >= 4 is 96.0 Å². The predicted molar refractivity (Wildman–Crippen MR) is 257 cm³/mol. The summed E-state index contributed by atoms with van der Waals surface area (Å²) in [6, 6.07) is 68.6. The summed E-state index contributed by atoms with van der Waals surface area (Å²) in [6.45, 7) is 3.48. The summed E-state index contributed by atoms with van der Waals surface area (Å²) >= 11 is 0. The smallest absolute Gasteiger partial charge is 0.310 e. The molecule has 1 fully saturated rings. The lowest BCUT2D eigenvalue weighted by Gasteiger charge is -2.28. The second-order valence-corrected chi connectivity index (χ2v) is 16.2. The number of amides is 2. The van der Waals surface area contributed by atoms with E-state index in [4.69, 9.17) is 0 Å². The molecular formula is C56H44N4O. The first kappa shape index (κ1) is 36.4. The molecule has 0 N–H and O–H groups in total. The van der Waals surface area contributed by atoms with E-state index in [9.17, 15) is 4.79 Å². The van der Waals surface area contributed by atoms with E-state index in [1.807, 2.05) is 9.80 Å². The monoisotopic (exact) mass is 788 g/mol. The van der Waals surface area contributed by atoms with Gasteiger partial charge in [-0.25, -0.2) is 4.79 Å². The summed E-state index contributed by atoms with van der Waals surface area (Å²) in [5.41, 5.74) is 8.22. The fourth-order valence-electron chi connectivity index (χ4n) is 9.41. The van der Waals surface area contributed by atoms with Crippen molar-refractivity contribution in [3.63, 3.8) is 0 Å². The van der Waals surface area contributed by atoms with Gasteiger partial charge in [-0.2, -0.15) is 0 Å². The van der Waals surface area contributed by atoms with E-state index in [2.05, 4.69) is 223 Å². The molecule has 9 aromatic carbocycles. The van der Waals surface area contributed by atoms with E-state index in [-0.39, 0.29) is 6.03 Å². The molecule has 0 bridgehead atoms. The van der Waals surface area contributed by atoms with E-state index in [0.717, 1.165) is 51.9 Å². The molecule has 11 rings (SSSR count). The average molecular weight is 789 g/mol. The molecule has 5 heteroatoms. The number of anilines is 8. The second-order valence-electron chi connectivity index (χ2n) is 16.2. The number of carbonyl (C=O) groups is 1. The first-order valence-corrected chi connectivity index (χ1v) is 21.2. The van der Waals surface area contributed by atoms with Crippen LogP contribution in [0, 0.1) is 5.92 Å². The first-order chi connectivity index (χ1) is 30.1. The summed E-state index contributed by atoms with van der Waals surface area (Å²) in [5, 5.41) is 9.90. The molecule has 1 unspecified atom stereocenters. The third kappa shape index (κ3) is 6.46. The van der Waals surface area contributed by atoms with Crippen molar-refractivity contribution in [2.75, 3.05) is 32.7 Å². The number of hydrogen-bond donors (Lipinski definition) is 0. The van der Waals surface area contributed by atoms with E-state index >= 15 is 0 Å². The standard InChI is InChI=1S/C56H44N4O/c1-39-24-25-41-38-55(52-23-13-11-21-50(52)53(41)36-39)60(45-17-6-3-7-18-45)47-32-28-43(29-33-47)58-35-34-57(56(58)61)42-26-30-46(31-27-42)59(44-15-4-2-5-16-44)54-37-40-14-8-9-19-48(40)49-20-10-12-22-51(49)54/h2-23,25-33,36-39H,24,34-35H2,1H3. The highest BCUT2D eigenvalue weighted by molar-refractivity contribution is 6.14. The van der Waals surface area contributed by atoms with Gasteiger partial charge >= 0.3 is 6.03 Å². The number of para-hydroxylation sites is 2. The molecule has 294 valence electrons. The number of carbonyl (C=O) groups excluding carboxylic acids is 1. The zero-order chi connectivity index (χ0) is 40.9. The number of nitrogens with zero attached hydrogens (tertiary/aromatic N) is 4. The van der Waals surface area contributed by atoms with Gasteiger partial charge in [0.15, 0.2) is 0 Å². The van der Waals surface area contributed by atoms with Crippen molar-refractivity contribution in [1.29, 1.82) is 0 Å². The lowest BCUT2D eigenvalue weighted by molar-refractivity contribution is 0.256. The van der Waals surface area contributed by atoms with Crippen molar-refractivity contribution in [3.05, 3.63) is 205 Å². The predicted octanol–water partition coefficient (Wildman–Crippen LogP) is 13.1. The molecule has 2 aliphatic rings. The molecule has 1 atom stereocenters. The molecule has 0 aromatic heterocycles. The van der Waals surface area contributed by atoms with Crippen molar-refractivity contribution in [2.24, 2.45) is 5.92 Å². The largest absolute Gasteiger partial charge is 0.329 e. The molecule has 1 saturated heterocycles. The molecule has 61 heavy (non-hydrogen) atoms. The van der Waals surface area contributed by atoms with E-state index in [1.165, 1.54) is 42.8 Å². The van der Waals surface area contributed by atoms with E-state index in [0.29, 0.717) is 19.0 Å². The maximum absolute atomic E-state index is 14.2. The Labute approximate surface area is 355 Å². The van der Waals surface area contributed by atoms with Crippen LogP contribution in [0.3, 0.4) is 0 Å². The Morgan fingerprint density at radius 2 is 0.902 bits per heavy atom. The highest BCUT2D eigenvalue weighted by Crippen LogP contribution is 2.43. The van der Waals surface area contributed by atoms with Crippen LogP contribution in [0.2, 0.25) is 0 Å². The van der Waals surface area contributed by atoms with Gasteiger partial charge in [-0.15, -0.1) is 0 Å². The minimum Gasteiger partial charge on any atom is -0.310 e. The Balaban J connectivity index is 0.906. The molecule has 1 aliphatic carbocycles. The van der Waals surface area contributed by atoms with Crippen LogP contribution in [-0.4, -0.2) is 19.1 Å².